The van der Waals surface area contributed by atoms with Crippen LogP contribution in [0.4, 0.5) is 5.69 Å². The van der Waals surface area contributed by atoms with Crippen molar-refractivity contribution in [3.63, 3.8) is 0 Å². The maximum absolute atomic E-state index is 10.2. The van der Waals surface area contributed by atoms with Crippen LogP contribution in [0.15, 0.2) is 48.5 Å². The molecule has 0 bridgehead atoms. The molecule has 0 aromatic heterocycles. The van der Waals surface area contributed by atoms with Crippen LogP contribution < -0.4 is 9.64 Å². The van der Waals surface area contributed by atoms with Crippen LogP contribution in [0.2, 0.25) is 0 Å². The Morgan fingerprint density at radius 3 is 2.38 bits per heavy atom. The highest BCUT2D eigenvalue weighted by molar-refractivity contribution is 5.54. The van der Waals surface area contributed by atoms with Gasteiger partial charge in [-0.15, -0.1) is 0 Å². The molecule has 0 radical (unpaired) electrons. The van der Waals surface area contributed by atoms with Crippen molar-refractivity contribution in [2.75, 3.05) is 19.1 Å². The van der Waals surface area contributed by atoms with Crippen LogP contribution in [0, 0.1) is 0 Å². The molecule has 3 nitrogen and oxygen atoms in total. The summed E-state index contributed by atoms with van der Waals surface area (Å²) in [6.07, 6.45) is 0.299. The number of nitrogens with zero attached hydrogens (tertiary/aromatic N) is 1. The third-order valence-electron chi connectivity index (χ3n) is 3.67. The van der Waals surface area contributed by atoms with Crippen LogP contribution in [-0.2, 0) is 6.54 Å². The molecule has 3 heteroatoms. The van der Waals surface area contributed by atoms with Gasteiger partial charge in [0.25, 0.3) is 0 Å². The Balaban J connectivity index is 2.17. The van der Waals surface area contributed by atoms with Crippen LogP contribution in [0.25, 0.3) is 0 Å². The van der Waals surface area contributed by atoms with Gasteiger partial charge in [-0.1, -0.05) is 37.3 Å². The molecule has 0 aliphatic heterocycles. The van der Waals surface area contributed by atoms with Crippen molar-refractivity contribution in [1.29, 1.82) is 0 Å². The van der Waals surface area contributed by atoms with Gasteiger partial charge in [0.1, 0.15) is 5.75 Å². The lowest BCUT2D eigenvalue weighted by Gasteiger charge is -2.24. The van der Waals surface area contributed by atoms with E-state index in [2.05, 4.69) is 23.1 Å². The quantitative estimate of drug-likeness (QED) is 0.877. The fourth-order valence-electron chi connectivity index (χ4n) is 2.43. The standard InChI is InChI=1S/C18H23NO2/c1-4-18(20)16-7-5-6-8-17(16)19(2)13-14-9-11-15(21-3)12-10-14/h5-12,18,20H,4,13H2,1-3H3/t18-/m1/s1. The highest BCUT2D eigenvalue weighted by atomic mass is 16.5. The van der Waals surface area contributed by atoms with Crippen molar-refractivity contribution in [3.8, 4) is 5.75 Å². The van der Waals surface area contributed by atoms with E-state index in [4.69, 9.17) is 4.74 Å². The van der Waals surface area contributed by atoms with Gasteiger partial charge < -0.3 is 14.7 Å². The fraction of sp³-hybridized carbons (Fsp3) is 0.333. The Morgan fingerprint density at radius 1 is 1.10 bits per heavy atom. The number of benzene rings is 2. The summed E-state index contributed by atoms with van der Waals surface area (Å²) < 4.78 is 5.18. The molecular weight excluding hydrogens is 262 g/mol. The molecule has 0 saturated heterocycles. The Labute approximate surface area is 126 Å². The lowest BCUT2D eigenvalue weighted by molar-refractivity contribution is 0.174. The van der Waals surface area contributed by atoms with Gasteiger partial charge in [0.2, 0.25) is 0 Å². The zero-order valence-electron chi connectivity index (χ0n) is 12.9. The van der Waals surface area contributed by atoms with Gasteiger partial charge in [-0.2, -0.15) is 0 Å². The van der Waals surface area contributed by atoms with Crippen molar-refractivity contribution >= 4 is 5.69 Å². The number of rotatable bonds is 6. The zero-order chi connectivity index (χ0) is 15.2. The minimum absolute atomic E-state index is 0.417. The second-order valence-corrected chi connectivity index (χ2v) is 5.19. The number of anilines is 1. The van der Waals surface area contributed by atoms with E-state index in [0.717, 1.165) is 23.5 Å². The van der Waals surface area contributed by atoms with E-state index in [-0.39, 0.29) is 0 Å². The summed E-state index contributed by atoms with van der Waals surface area (Å²) in [6, 6.07) is 16.1. The smallest absolute Gasteiger partial charge is 0.118 e. The van der Waals surface area contributed by atoms with E-state index in [0.29, 0.717) is 6.42 Å². The van der Waals surface area contributed by atoms with E-state index in [9.17, 15) is 5.11 Å². The molecule has 0 aliphatic carbocycles. The van der Waals surface area contributed by atoms with Crippen molar-refractivity contribution in [3.05, 3.63) is 59.7 Å². The minimum Gasteiger partial charge on any atom is -0.497 e. The van der Waals surface area contributed by atoms with Gasteiger partial charge in [-0.25, -0.2) is 0 Å². The van der Waals surface area contributed by atoms with Gasteiger partial charge in [0.05, 0.1) is 13.2 Å². The summed E-state index contributed by atoms with van der Waals surface area (Å²) in [7, 11) is 3.72. The minimum atomic E-state index is -0.417. The van der Waals surface area contributed by atoms with Gasteiger partial charge >= 0.3 is 0 Å². The maximum Gasteiger partial charge on any atom is 0.118 e. The number of methoxy groups -OCH3 is 1. The molecule has 0 unspecified atom stereocenters. The molecule has 1 atom stereocenters. The first-order chi connectivity index (χ1) is 10.2. The Kier molecular flexibility index (Phi) is 5.23. The fourth-order valence-corrected chi connectivity index (χ4v) is 2.43. The first-order valence-electron chi connectivity index (χ1n) is 7.26. The van der Waals surface area contributed by atoms with Gasteiger partial charge in [0, 0.05) is 24.8 Å². The highest BCUT2D eigenvalue weighted by Gasteiger charge is 2.13. The summed E-state index contributed by atoms with van der Waals surface area (Å²) in [5.74, 6) is 0.864. The van der Waals surface area contributed by atoms with E-state index in [1.54, 1.807) is 7.11 Å². The SMILES string of the molecule is CC[C@@H](O)c1ccccc1N(C)Cc1ccc(OC)cc1. The second-order valence-electron chi connectivity index (χ2n) is 5.19. The predicted molar refractivity (Wildman–Crippen MR) is 86.8 cm³/mol. The van der Waals surface area contributed by atoms with Crippen molar-refractivity contribution in [1.82, 2.24) is 0 Å². The molecule has 1 N–H and O–H groups in total. The third kappa shape index (κ3) is 3.76. The zero-order valence-corrected chi connectivity index (χ0v) is 12.9. The Bertz CT molecular complexity index is 566. The van der Waals surface area contributed by atoms with Gasteiger partial charge in [-0.3, -0.25) is 0 Å². The molecule has 21 heavy (non-hydrogen) atoms. The van der Waals surface area contributed by atoms with E-state index in [1.165, 1.54) is 5.56 Å². The monoisotopic (exact) mass is 285 g/mol. The number of ether oxygens (including phenoxy) is 1. The number of aliphatic hydroxyl groups is 1. The van der Waals surface area contributed by atoms with Crippen molar-refractivity contribution in [2.24, 2.45) is 0 Å². The molecule has 0 aliphatic rings. The summed E-state index contributed by atoms with van der Waals surface area (Å²) in [5, 5.41) is 10.2. The number of hydrogen-bond acceptors (Lipinski definition) is 3. The summed E-state index contributed by atoms with van der Waals surface area (Å²) in [4.78, 5) is 2.16. The molecule has 112 valence electrons. The normalized spacial score (nSPS) is 12.0. The molecule has 2 aromatic rings. The Hall–Kier alpha value is -2.00. The summed E-state index contributed by atoms with van der Waals surface area (Å²) >= 11 is 0. The van der Waals surface area contributed by atoms with Crippen LogP contribution in [-0.4, -0.2) is 19.3 Å². The molecule has 0 amide bonds. The van der Waals surface area contributed by atoms with E-state index >= 15 is 0 Å². The van der Waals surface area contributed by atoms with Crippen molar-refractivity contribution in [2.45, 2.75) is 26.0 Å². The summed E-state index contributed by atoms with van der Waals surface area (Å²) in [5.41, 5.74) is 3.26. The average Bonchev–Trinajstić information content (AvgIpc) is 2.54. The molecule has 0 spiro atoms. The lowest BCUT2D eigenvalue weighted by atomic mass is 10.0. The van der Waals surface area contributed by atoms with Crippen molar-refractivity contribution < 1.29 is 9.84 Å². The molecule has 2 aromatic carbocycles. The number of aliphatic hydroxyl groups excluding tert-OH is 1. The summed E-state index contributed by atoms with van der Waals surface area (Å²) in [6.45, 7) is 2.78. The van der Waals surface area contributed by atoms with Crippen LogP contribution in [0.1, 0.15) is 30.6 Å². The topological polar surface area (TPSA) is 32.7 Å². The average molecular weight is 285 g/mol. The molecule has 0 heterocycles. The maximum atomic E-state index is 10.2. The van der Waals surface area contributed by atoms with E-state index in [1.807, 2.05) is 44.3 Å². The first-order valence-corrected chi connectivity index (χ1v) is 7.26. The number of para-hydroxylation sites is 1. The lowest BCUT2D eigenvalue weighted by Crippen LogP contribution is -2.18. The van der Waals surface area contributed by atoms with Crippen LogP contribution >= 0.6 is 0 Å². The van der Waals surface area contributed by atoms with Gasteiger partial charge in [-0.05, 0) is 30.2 Å². The molecule has 0 saturated carbocycles. The highest BCUT2D eigenvalue weighted by Crippen LogP contribution is 2.28. The molecule has 2 rings (SSSR count). The van der Waals surface area contributed by atoms with E-state index < -0.39 is 6.10 Å². The first kappa shape index (κ1) is 15.4. The number of hydrogen-bond donors (Lipinski definition) is 1. The molecule has 0 fully saturated rings. The second kappa shape index (κ2) is 7.14. The van der Waals surface area contributed by atoms with Crippen LogP contribution in [0.3, 0.4) is 0 Å². The van der Waals surface area contributed by atoms with Crippen LogP contribution in [0.5, 0.6) is 5.75 Å². The van der Waals surface area contributed by atoms with Gasteiger partial charge in [0.15, 0.2) is 0 Å². The largest absolute Gasteiger partial charge is 0.497 e. The Morgan fingerprint density at radius 2 is 1.76 bits per heavy atom. The third-order valence-corrected chi connectivity index (χ3v) is 3.67. The molecular formula is C18H23NO2. The predicted octanol–water partition coefficient (Wildman–Crippen LogP) is 3.78.